The van der Waals surface area contributed by atoms with E-state index in [4.69, 9.17) is 23.8 Å². The van der Waals surface area contributed by atoms with Gasteiger partial charge in [-0.2, -0.15) is 5.26 Å². The molecule has 0 aliphatic carbocycles. The van der Waals surface area contributed by atoms with Crippen molar-refractivity contribution in [2.75, 3.05) is 13.2 Å². The fourth-order valence-electron chi connectivity index (χ4n) is 4.21. The highest BCUT2D eigenvalue weighted by Gasteiger charge is 2.41. The fourth-order valence-corrected chi connectivity index (χ4v) is 5.97. The SMILES string of the molecule is Cc1cn([C@H]2C[C@@H](OP(OCCC#N)N(C(C)C)C(C)C)[C@@H](COCc3ccccc3)O2)c(=O)[nH]c1=O. The van der Waals surface area contributed by atoms with E-state index < -0.39 is 38.2 Å². The molecule has 1 saturated heterocycles. The van der Waals surface area contributed by atoms with E-state index in [-0.39, 0.29) is 31.7 Å². The van der Waals surface area contributed by atoms with E-state index in [0.29, 0.717) is 18.6 Å². The summed E-state index contributed by atoms with van der Waals surface area (Å²) in [6, 6.07) is 12.2. The summed E-state index contributed by atoms with van der Waals surface area (Å²) < 4.78 is 28.5. The molecule has 0 radical (unpaired) electrons. The van der Waals surface area contributed by atoms with E-state index in [1.165, 1.54) is 10.8 Å². The van der Waals surface area contributed by atoms with Crippen molar-refractivity contribution in [1.29, 1.82) is 5.26 Å². The van der Waals surface area contributed by atoms with Gasteiger partial charge in [0.1, 0.15) is 12.3 Å². The first-order chi connectivity index (χ1) is 17.7. The van der Waals surface area contributed by atoms with Gasteiger partial charge in [-0.3, -0.25) is 14.3 Å². The number of hydrogen-bond donors (Lipinski definition) is 1. The van der Waals surface area contributed by atoms with Crippen LogP contribution in [0.1, 0.15) is 57.9 Å². The Morgan fingerprint density at radius 1 is 1.22 bits per heavy atom. The molecule has 1 N–H and O–H groups in total. The van der Waals surface area contributed by atoms with Gasteiger partial charge in [0.25, 0.3) is 14.1 Å². The first-order valence-corrected chi connectivity index (χ1v) is 13.7. The zero-order valence-corrected chi connectivity index (χ0v) is 23.0. The monoisotopic (exact) mass is 532 g/mol. The minimum absolute atomic E-state index is 0.142. The number of aromatic nitrogens is 2. The summed E-state index contributed by atoms with van der Waals surface area (Å²) in [5.74, 6) is 0. The lowest BCUT2D eigenvalue weighted by Gasteiger charge is -2.37. The Kier molecular flexibility index (Phi) is 11.0. The van der Waals surface area contributed by atoms with Gasteiger partial charge in [-0.15, -0.1) is 0 Å². The largest absolute Gasteiger partial charge is 0.374 e. The molecule has 2 aromatic rings. The van der Waals surface area contributed by atoms with Crippen molar-refractivity contribution >= 4 is 8.53 Å². The van der Waals surface area contributed by atoms with Gasteiger partial charge in [0.05, 0.1) is 38.4 Å². The third-order valence-corrected chi connectivity index (χ3v) is 8.07. The first kappa shape index (κ1) is 29.2. The van der Waals surface area contributed by atoms with E-state index in [1.807, 2.05) is 30.3 Å². The summed E-state index contributed by atoms with van der Waals surface area (Å²) in [6.07, 6.45) is 0.588. The number of nitrogens with one attached hydrogen (secondary N) is 1. The fraction of sp³-hybridized carbons (Fsp3) is 0.577. The number of hydrogen-bond acceptors (Lipinski definition) is 8. The number of rotatable bonds is 13. The summed E-state index contributed by atoms with van der Waals surface area (Å²) in [5.41, 5.74) is 0.490. The minimum atomic E-state index is -1.52. The summed E-state index contributed by atoms with van der Waals surface area (Å²) >= 11 is 0. The average Bonchev–Trinajstić information content (AvgIpc) is 3.24. The molecule has 2 heterocycles. The Labute approximate surface area is 219 Å². The van der Waals surface area contributed by atoms with Crippen LogP contribution in [-0.2, 0) is 25.1 Å². The lowest BCUT2D eigenvalue weighted by atomic mass is 10.2. The van der Waals surface area contributed by atoms with Crippen molar-refractivity contribution in [3.05, 3.63) is 68.5 Å². The van der Waals surface area contributed by atoms with Gasteiger partial charge in [0.15, 0.2) is 0 Å². The van der Waals surface area contributed by atoms with Gasteiger partial charge < -0.3 is 18.5 Å². The normalized spacial score (nSPS) is 20.6. The molecule has 0 bridgehead atoms. The highest BCUT2D eigenvalue weighted by Crippen LogP contribution is 2.49. The molecule has 1 aliphatic rings. The molecule has 37 heavy (non-hydrogen) atoms. The minimum Gasteiger partial charge on any atom is -0.374 e. The van der Waals surface area contributed by atoms with Crippen LogP contribution in [0.2, 0.25) is 0 Å². The van der Waals surface area contributed by atoms with Crippen LogP contribution in [0.5, 0.6) is 0 Å². The molecule has 0 saturated carbocycles. The standard InChI is InChI=1S/C26H37N4O6P/c1-18(2)30(19(3)4)37(34-13-9-12-27)36-22-14-24(29-15-20(5)25(31)28-26(29)32)35-23(22)17-33-16-21-10-7-6-8-11-21/h6-8,10-11,15,18-19,22-24H,9,13-14,16-17H2,1-5H3,(H,28,31,32)/t22-,23-,24-,37?/m1/s1. The Hall–Kier alpha value is -2.38. The second-order valence-corrected chi connectivity index (χ2v) is 10.9. The maximum atomic E-state index is 12.6. The van der Waals surface area contributed by atoms with Crippen LogP contribution in [0.25, 0.3) is 0 Å². The summed E-state index contributed by atoms with van der Waals surface area (Å²) in [7, 11) is -1.52. The van der Waals surface area contributed by atoms with Crippen LogP contribution in [0.15, 0.2) is 46.1 Å². The third kappa shape index (κ3) is 8.05. The van der Waals surface area contributed by atoms with Crippen LogP contribution in [0, 0.1) is 18.3 Å². The lowest BCUT2D eigenvalue weighted by Crippen LogP contribution is -2.36. The van der Waals surface area contributed by atoms with E-state index in [1.54, 1.807) is 6.92 Å². The van der Waals surface area contributed by atoms with Gasteiger partial charge in [0.2, 0.25) is 0 Å². The van der Waals surface area contributed by atoms with Gasteiger partial charge in [-0.05, 0) is 40.2 Å². The van der Waals surface area contributed by atoms with Crippen LogP contribution >= 0.6 is 8.53 Å². The van der Waals surface area contributed by atoms with Gasteiger partial charge in [-0.25, -0.2) is 9.46 Å². The van der Waals surface area contributed by atoms with Crippen molar-refractivity contribution in [2.24, 2.45) is 0 Å². The Morgan fingerprint density at radius 3 is 2.57 bits per heavy atom. The number of ether oxygens (including phenoxy) is 2. The number of benzene rings is 1. The molecule has 0 spiro atoms. The van der Waals surface area contributed by atoms with Crippen molar-refractivity contribution < 1.29 is 18.5 Å². The maximum Gasteiger partial charge on any atom is 0.330 e. The number of aromatic amines is 1. The van der Waals surface area contributed by atoms with E-state index in [9.17, 15) is 9.59 Å². The van der Waals surface area contributed by atoms with Crippen LogP contribution in [0.3, 0.4) is 0 Å². The number of nitrogens with zero attached hydrogens (tertiary/aromatic N) is 3. The molecule has 10 nitrogen and oxygen atoms in total. The summed E-state index contributed by atoms with van der Waals surface area (Å²) in [5, 5.41) is 9.01. The summed E-state index contributed by atoms with van der Waals surface area (Å²) in [4.78, 5) is 26.8. The Balaban J connectivity index is 1.83. The topological polar surface area (TPSA) is 119 Å². The molecule has 11 heteroatoms. The highest BCUT2D eigenvalue weighted by atomic mass is 31.2. The highest BCUT2D eigenvalue weighted by molar-refractivity contribution is 7.44. The van der Waals surface area contributed by atoms with E-state index >= 15 is 0 Å². The molecule has 1 aliphatic heterocycles. The van der Waals surface area contributed by atoms with Crippen LogP contribution in [-0.4, -0.2) is 51.7 Å². The molecule has 1 fully saturated rings. The average molecular weight is 533 g/mol. The van der Waals surface area contributed by atoms with Crippen molar-refractivity contribution in [3.8, 4) is 6.07 Å². The molecule has 3 rings (SSSR count). The smallest absolute Gasteiger partial charge is 0.330 e. The number of nitriles is 1. The van der Waals surface area contributed by atoms with Gasteiger partial charge in [0, 0.05) is 30.3 Å². The van der Waals surface area contributed by atoms with Crippen LogP contribution in [0.4, 0.5) is 0 Å². The lowest BCUT2D eigenvalue weighted by molar-refractivity contribution is -0.0647. The Bertz CT molecular complexity index is 1140. The predicted molar refractivity (Wildman–Crippen MR) is 141 cm³/mol. The zero-order chi connectivity index (χ0) is 26.9. The first-order valence-electron chi connectivity index (χ1n) is 12.6. The zero-order valence-electron chi connectivity index (χ0n) is 22.1. The predicted octanol–water partition coefficient (Wildman–Crippen LogP) is 4.01. The van der Waals surface area contributed by atoms with Crippen molar-refractivity contribution in [1.82, 2.24) is 14.2 Å². The molecule has 202 valence electrons. The van der Waals surface area contributed by atoms with Crippen molar-refractivity contribution in [3.63, 3.8) is 0 Å². The second-order valence-electron chi connectivity index (χ2n) is 9.53. The van der Waals surface area contributed by atoms with E-state index in [2.05, 4.69) is 43.4 Å². The molecule has 1 aromatic carbocycles. The molecular formula is C26H37N4O6P. The molecule has 1 aromatic heterocycles. The molecule has 1 unspecified atom stereocenters. The maximum absolute atomic E-state index is 12.6. The number of aryl methyl sites for hydroxylation is 1. The molecular weight excluding hydrogens is 495 g/mol. The quantitative estimate of drug-likeness (QED) is 0.304. The van der Waals surface area contributed by atoms with Crippen molar-refractivity contribution in [2.45, 2.75) is 84.6 Å². The van der Waals surface area contributed by atoms with E-state index in [0.717, 1.165) is 5.56 Å². The Morgan fingerprint density at radius 2 is 1.92 bits per heavy atom. The molecule has 4 atom stereocenters. The summed E-state index contributed by atoms with van der Waals surface area (Å²) in [6.45, 7) is 10.8. The van der Waals surface area contributed by atoms with Gasteiger partial charge in [-0.1, -0.05) is 30.3 Å². The van der Waals surface area contributed by atoms with Crippen LogP contribution < -0.4 is 11.2 Å². The number of H-pyrrole nitrogens is 1. The third-order valence-electron chi connectivity index (χ3n) is 5.92. The molecule has 0 amide bonds. The van der Waals surface area contributed by atoms with Gasteiger partial charge >= 0.3 is 5.69 Å². The second kappa shape index (κ2) is 14.0.